The molecule has 0 aliphatic carbocycles. The molecule has 0 amide bonds. The Morgan fingerprint density at radius 2 is 1.33 bits per heavy atom. The molecule has 4 nitrogen and oxygen atoms in total. The number of hydrogen-bond acceptors (Lipinski definition) is 4. The monoisotopic (exact) mass is 261 g/mol. The SMILES string of the molecule is CCCCN(CCCC)C(CO)(CO)CCCO. The van der Waals surface area contributed by atoms with Crippen molar-refractivity contribution in [2.75, 3.05) is 32.9 Å². The van der Waals surface area contributed by atoms with E-state index in [9.17, 15) is 10.2 Å². The number of rotatable bonds is 12. The minimum absolute atomic E-state index is 0.0447. The van der Waals surface area contributed by atoms with Gasteiger partial charge in [-0.3, -0.25) is 4.90 Å². The molecule has 0 aliphatic rings. The molecule has 0 aliphatic heterocycles. The van der Waals surface area contributed by atoms with Gasteiger partial charge in [0, 0.05) is 6.61 Å². The molecule has 110 valence electrons. The van der Waals surface area contributed by atoms with Crippen molar-refractivity contribution in [3.05, 3.63) is 0 Å². The van der Waals surface area contributed by atoms with Crippen LogP contribution in [-0.4, -0.2) is 58.7 Å². The van der Waals surface area contributed by atoms with Gasteiger partial charge in [0.25, 0.3) is 0 Å². The molecule has 0 atom stereocenters. The molecule has 4 heteroatoms. The third kappa shape index (κ3) is 5.65. The molecule has 0 fully saturated rings. The van der Waals surface area contributed by atoms with Crippen LogP contribution in [0, 0.1) is 0 Å². The summed E-state index contributed by atoms with van der Waals surface area (Å²) in [5, 5.41) is 28.4. The number of aliphatic hydroxyl groups is 3. The Morgan fingerprint density at radius 1 is 0.833 bits per heavy atom. The Hall–Kier alpha value is -0.160. The van der Waals surface area contributed by atoms with Crippen molar-refractivity contribution < 1.29 is 15.3 Å². The van der Waals surface area contributed by atoms with Gasteiger partial charge in [0.15, 0.2) is 0 Å². The van der Waals surface area contributed by atoms with E-state index in [1.807, 2.05) is 0 Å². The van der Waals surface area contributed by atoms with E-state index in [2.05, 4.69) is 18.7 Å². The van der Waals surface area contributed by atoms with Crippen LogP contribution in [-0.2, 0) is 0 Å². The molecule has 0 rings (SSSR count). The second-order valence-electron chi connectivity index (χ2n) is 5.06. The van der Waals surface area contributed by atoms with Gasteiger partial charge in [0.1, 0.15) is 0 Å². The van der Waals surface area contributed by atoms with E-state index in [4.69, 9.17) is 5.11 Å². The van der Waals surface area contributed by atoms with Crippen LogP contribution in [0.1, 0.15) is 52.4 Å². The zero-order valence-electron chi connectivity index (χ0n) is 12.1. The van der Waals surface area contributed by atoms with Gasteiger partial charge in [-0.2, -0.15) is 0 Å². The van der Waals surface area contributed by atoms with Gasteiger partial charge >= 0.3 is 0 Å². The second-order valence-corrected chi connectivity index (χ2v) is 5.06. The average Bonchev–Trinajstić information content (AvgIpc) is 2.42. The maximum Gasteiger partial charge on any atom is 0.0673 e. The predicted octanol–water partition coefficient (Wildman–Crippen LogP) is 1.38. The second kappa shape index (κ2) is 10.7. The first-order valence-electron chi connectivity index (χ1n) is 7.28. The van der Waals surface area contributed by atoms with Crippen LogP contribution < -0.4 is 0 Å². The zero-order valence-corrected chi connectivity index (χ0v) is 12.1. The first kappa shape index (κ1) is 17.8. The highest BCUT2D eigenvalue weighted by Gasteiger charge is 2.34. The molecule has 0 radical (unpaired) electrons. The fourth-order valence-electron chi connectivity index (χ4n) is 2.26. The first-order chi connectivity index (χ1) is 8.70. The van der Waals surface area contributed by atoms with Gasteiger partial charge in [-0.1, -0.05) is 26.7 Å². The minimum Gasteiger partial charge on any atom is -0.396 e. The summed E-state index contributed by atoms with van der Waals surface area (Å²) in [5.41, 5.74) is -0.562. The third-order valence-electron chi connectivity index (χ3n) is 3.62. The van der Waals surface area contributed by atoms with E-state index < -0.39 is 5.54 Å². The van der Waals surface area contributed by atoms with Crippen LogP contribution in [0.2, 0.25) is 0 Å². The normalized spacial score (nSPS) is 12.3. The van der Waals surface area contributed by atoms with Crippen LogP contribution >= 0.6 is 0 Å². The van der Waals surface area contributed by atoms with E-state index in [1.165, 1.54) is 0 Å². The molecule has 0 heterocycles. The quantitative estimate of drug-likeness (QED) is 0.497. The van der Waals surface area contributed by atoms with E-state index >= 15 is 0 Å². The summed E-state index contributed by atoms with van der Waals surface area (Å²) >= 11 is 0. The van der Waals surface area contributed by atoms with Crippen LogP contribution in [0.15, 0.2) is 0 Å². The maximum absolute atomic E-state index is 9.69. The van der Waals surface area contributed by atoms with Gasteiger partial charge in [0.2, 0.25) is 0 Å². The lowest BCUT2D eigenvalue weighted by molar-refractivity contribution is -0.0243. The Balaban J connectivity index is 4.68. The summed E-state index contributed by atoms with van der Waals surface area (Å²) in [7, 11) is 0. The van der Waals surface area contributed by atoms with Gasteiger partial charge in [-0.05, 0) is 38.8 Å². The Labute approximate surface area is 112 Å². The van der Waals surface area contributed by atoms with Gasteiger partial charge in [0.05, 0.1) is 18.8 Å². The molecule has 0 aromatic carbocycles. The predicted molar refractivity (Wildman–Crippen MR) is 74.6 cm³/mol. The molecule has 0 spiro atoms. The van der Waals surface area contributed by atoms with Crippen molar-refractivity contribution in [3.63, 3.8) is 0 Å². The molecule has 0 unspecified atom stereocenters. The Bertz CT molecular complexity index is 176. The molecule has 0 saturated carbocycles. The fraction of sp³-hybridized carbons (Fsp3) is 1.00. The highest BCUT2D eigenvalue weighted by molar-refractivity contribution is 4.89. The molecule has 0 aromatic rings. The van der Waals surface area contributed by atoms with Crippen molar-refractivity contribution in [3.8, 4) is 0 Å². The van der Waals surface area contributed by atoms with Crippen molar-refractivity contribution in [2.45, 2.75) is 57.9 Å². The highest BCUT2D eigenvalue weighted by Crippen LogP contribution is 2.22. The average molecular weight is 261 g/mol. The highest BCUT2D eigenvalue weighted by atomic mass is 16.3. The summed E-state index contributed by atoms with van der Waals surface area (Å²) < 4.78 is 0. The maximum atomic E-state index is 9.69. The summed E-state index contributed by atoms with van der Waals surface area (Å²) in [6.07, 6.45) is 5.63. The molecular formula is C14H31NO3. The molecule has 0 saturated heterocycles. The molecule has 0 bridgehead atoms. The van der Waals surface area contributed by atoms with Crippen molar-refractivity contribution in [1.29, 1.82) is 0 Å². The van der Waals surface area contributed by atoms with E-state index in [0.717, 1.165) is 38.8 Å². The standard InChI is InChI=1S/C14H31NO3/c1-3-5-9-15(10-6-4-2)14(12-17,13-18)8-7-11-16/h16-18H,3-13H2,1-2H3. The number of nitrogens with zero attached hydrogens (tertiary/aromatic N) is 1. The number of aliphatic hydroxyl groups excluding tert-OH is 3. The number of hydrogen-bond donors (Lipinski definition) is 3. The summed E-state index contributed by atoms with van der Waals surface area (Å²) in [6.45, 7) is 6.12. The van der Waals surface area contributed by atoms with E-state index in [-0.39, 0.29) is 19.8 Å². The van der Waals surface area contributed by atoms with Crippen LogP contribution in [0.3, 0.4) is 0 Å². The fourth-order valence-corrected chi connectivity index (χ4v) is 2.26. The van der Waals surface area contributed by atoms with Crippen molar-refractivity contribution >= 4 is 0 Å². The largest absolute Gasteiger partial charge is 0.396 e. The first-order valence-corrected chi connectivity index (χ1v) is 7.28. The van der Waals surface area contributed by atoms with Gasteiger partial charge < -0.3 is 15.3 Å². The third-order valence-corrected chi connectivity index (χ3v) is 3.62. The van der Waals surface area contributed by atoms with Crippen LogP contribution in [0.4, 0.5) is 0 Å². The summed E-state index contributed by atoms with van der Waals surface area (Å²) in [6, 6.07) is 0. The molecule has 3 N–H and O–H groups in total. The Morgan fingerprint density at radius 3 is 1.67 bits per heavy atom. The summed E-state index contributed by atoms with van der Waals surface area (Å²) in [5.74, 6) is 0. The summed E-state index contributed by atoms with van der Waals surface area (Å²) in [4.78, 5) is 2.22. The smallest absolute Gasteiger partial charge is 0.0673 e. The van der Waals surface area contributed by atoms with E-state index in [1.54, 1.807) is 0 Å². The zero-order chi connectivity index (χ0) is 13.9. The van der Waals surface area contributed by atoms with Crippen molar-refractivity contribution in [1.82, 2.24) is 4.90 Å². The lowest BCUT2D eigenvalue weighted by atomic mass is 9.92. The Kier molecular flexibility index (Phi) is 10.6. The van der Waals surface area contributed by atoms with Crippen molar-refractivity contribution in [2.24, 2.45) is 0 Å². The minimum atomic E-state index is -0.562. The van der Waals surface area contributed by atoms with Crippen LogP contribution in [0.5, 0.6) is 0 Å². The lowest BCUT2D eigenvalue weighted by Gasteiger charge is -2.42. The number of unbranched alkanes of at least 4 members (excludes halogenated alkanes) is 2. The van der Waals surface area contributed by atoms with E-state index in [0.29, 0.717) is 12.8 Å². The molecular weight excluding hydrogens is 230 g/mol. The molecule has 0 aromatic heterocycles. The van der Waals surface area contributed by atoms with Crippen LogP contribution in [0.25, 0.3) is 0 Å². The van der Waals surface area contributed by atoms with Gasteiger partial charge in [-0.25, -0.2) is 0 Å². The molecule has 18 heavy (non-hydrogen) atoms. The van der Waals surface area contributed by atoms with Gasteiger partial charge in [-0.15, -0.1) is 0 Å². The lowest BCUT2D eigenvalue weighted by Crippen LogP contribution is -2.55. The topological polar surface area (TPSA) is 63.9 Å².